The number of esters is 1. The summed E-state index contributed by atoms with van der Waals surface area (Å²) >= 11 is 11.9. The highest BCUT2D eigenvalue weighted by molar-refractivity contribution is 6.43. The van der Waals surface area contributed by atoms with Crippen LogP contribution in [0, 0.1) is 0 Å². The van der Waals surface area contributed by atoms with Gasteiger partial charge in [-0.3, -0.25) is 4.79 Å². The van der Waals surface area contributed by atoms with Gasteiger partial charge in [0, 0.05) is 0 Å². The lowest BCUT2D eigenvalue weighted by atomic mass is 10.2. The highest BCUT2D eigenvalue weighted by Gasteiger charge is 2.11. The Hall–Kier alpha value is -2.24. The average Bonchev–Trinajstić information content (AvgIpc) is 2.57. The Bertz CT molecular complexity index is 760. The number of benzene rings is 2. The van der Waals surface area contributed by atoms with Crippen LogP contribution in [0.25, 0.3) is 0 Å². The van der Waals surface area contributed by atoms with Gasteiger partial charge in [0.2, 0.25) is 0 Å². The number of hydrogen-bond acceptors (Lipinski definition) is 4. The lowest BCUT2D eigenvalue weighted by Crippen LogP contribution is -2.20. The SMILES string of the molecule is CC(C)OC(=O)c1ccc(OCC(=O)Nc2cccc(Cl)c2Cl)cc1. The van der Waals surface area contributed by atoms with Crippen LogP contribution in [0.2, 0.25) is 10.0 Å². The van der Waals surface area contributed by atoms with Crippen LogP contribution >= 0.6 is 23.2 Å². The first-order chi connectivity index (χ1) is 11.9. The molecule has 132 valence electrons. The predicted molar refractivity (Wildman–Crippen MR) is 97.6 cm³/mol. The first-order valence-electron chi connectivity index (χ1n) is 7.54. The third-order valence-electron chi connectivity index (χ3n) is 3.03. The minimum atomic E-state index is -0.408. The molecule has 0 unspecified atom stereocenters. The van der Waals surface area contributed by atoms with Crippen LogP contribution in [0.4, 0.5) is 5.69 Å². The molecule has 0 radical (unpaired) electrons. The summed E-state index contributed by atoms with van der Waals surface area (Å²) in [5.74, 6) is -0.337. The van der Waals surface area contributed by atoms with Crippen LogP contribution in [0.1, 0.15) is 24.2 Å². The van der Waals surface area contributed by atoms with Gasteiger partial charge in [-0.25, -0.2) is 4.79 Å². The molecule has 0 heterocycles. The molecule has 0 saturated carbocycles. The maximum absolute atomic E-state index is 11.9. The van der Waals surface area contributed by atoms with Crippen LogP contribution in [-0.4, -0.2) is 24.6 Å². The summed E-state index contributed by atoms with van der Waals surface area (Å²) in [4.78, 5) is 23.7. The summed E-state index contributed by atoms with van der Waals surface area (Å²) in [7, 11) is 0. The second-order valence-corrected chi connectivity index (χ2v) is 6.20. The predicted octanol–water partition coefficient (Wildman–Crippen LogP) is 4.58. The van der Waals surface area contributed by atoms with Crippen LogP contribution in [0.3, 0.4) is 0 Å². The molecule has 0 fully saturated rings. The van der Waals surface area contributed by atoms with E-state index in [0.717, 1.165) is 0 Å². The van der Waals surface area contributed by atoms with E-state index in [4.69, 9.17) is 32.7 Å². The standard InChI is InChI=1S/C18H17Cl2NO4/c1-11(2)25-18(23)12-6-8-13(9-7-12)24-10-16(22)21-15-5-3-4-14(19)17(15)20/h3-9,11H,10H2,1-2H3,(H,21,22). The van der Waals surface area contributed by atoms with Gasteiger partial charge >= 0.3 is 5.97 Å². The van der Waals surface area contributed by atoms with Crippen molar-refractivity contribution in [1.82, 2.24) is 0 Å². The maximum atomic E-state index is 11.9. The van der Waals surface area contributed by atoms with Gasteiger partial charge < -0.3 is 14.8 Å². The monoisotopic (exact) mass is 381 g/mol. The molecule has 0 aliphatic carbocycles. The van der Waals surface area contributed by atoms with E-state index in [2.05, 4.69) is 5.32 Å². The van der Waals surface area contributed by atoms with E-state index in [9.17, 15) is 9.59 Å². The van der Waals surface area contributed by atoms with Crippen molar-refractivity contribution in [3.05, 3.63) is 58.1 Å². The summed E-state index contributed by atoms with van der Waals surface area (Å²) in [6.45, 7) is 3.35. The smallest absolute Gasteiger partial charge is 0.338 e. The normalized spacial score (nSPS) is 10.4. The number of anilines is 1. The first kappa shape index (κ1) is 19.1. The molecule has 7 heteroatoms. The lowest BCUT2D eigenvalue weighted by molar-refractivity contribution is -0.118. The largest absolute Gasteiger partial charge is 0.484 e. The van der Waals surface area contributed by atoms with Gasteiger partial charge in [0.05, 0.1) is 27.4 Å². The molecular formula is C18H17Cl2NO4. The summed E-state index contributed by atoms with van der Waals surface area (Å²) in [5, 5.41) is 3.24. The van der Waals surface area contributed by atoms with Crippen molar-refractivity contribution in [2.45, 2.75) is 20.0 Å². The highest BCUT2D eigenvalue weighted by atomic mass is 35.5. The highest BCUT2D eigenvalue weighted by Crippen LogP contribution is 2.29. The van der Waals surface area contributed by atoms with E-state index in [-0.39, 0.29) is 23.6 Å². The third kappa shape index (κ3) is 5.66. The van der Waals surface area contributed by atoms with Crippen molar-refractivity contribution < 1.29 is 19.1 Å². The quantitative estimate of drug-likeness (QED) is 0.743. The number of rotatable bonds is 6. The number of hydrogen-bond donors (Lipinski definition) is 1. The molecule has 2 aromatic rings. The van der Waals surface area contributed by atoms with Crippen molar-refractivity contribution in [1.29, 1.82) is 0 Å². The Balaban J connectivity index is 1.89. The van der Waals surface area contributed by atoms with Gasteiger partial charge in [-0.15, -0.1) is 0 Å². The van der Waals surface area contributed by atoms with Gasteiger partial charge in [-0.1, -0.05) is 29.3 Å². The molecule has 0 aromatic heterocycles. The van der Waals surface area contributed by atoms with Crippen LogP contribution in [0.15, 0.2) is 42.5 Å². The second kappa shape index (κ2) is 8.74. The topological polar surface area (TPSA) is 64.6 Å². The van der Waals surface area contributed by atoms with Gasteiger partial charge in [-0.05, 0) is 50.2 Å². The van der Waals surface area contributed by atoms with E-state index in [1.54, 1.807) is 56.3 Å². The molecule has 2 aromatic carbocycles. The van der Waals surface area contributed by atoms with Gasteiger partial charge in [0.1, 0.15) is 5.75 Å². The first-order valence-corrected chi connectivity index (χ1v) is 8.30. The molecule has 1 N–H and O–H groups in total. The van der Waals surface area contributed by atoms with Crippen molar-refractivity contribution in [2.24, 2.45) is 0 Å². The third-order valence-corrected chi connectivity index (χ3v) is 3.85. The number of halogens is 2. The summed E-state index contributed by atoms with van der Waals surface area (Å²) in [5.41, 5.74) is 0.825. The Morgan fingerprint density at radius 3 is 2.40 bits per heavy atom. The average molecular weight is 382 g/mol. The fourth-order valence-electron chi connectivity index (χ4n) is 1.90. The molecule has 0 aliphatic heterocycles. The van der Waals surface area contributed by atoms with Crippen LogP contribution in [-0.2, 0) is 9.53 Å². The molecular weight excluding hydrogens is 365 g/mol. The van der Waals surface area contributed by atoms with E-state index in [0.29, 0.717) is 22.0 Å². The minimum absolute atomic E-state index is 0.189. The number of ether oxygens (including phenoxy) is 2. The summed E-state index contributed by atoms with van der Waals surface area (Å²) < 4.78 is 10.5. The molecule has 25 heavy (non-hydrogen) atoms. The lowest BCUT2D eigenvalue weighted by Gasteiger charge is -2.10. The molecule has 2 rings (SSSR count). The Morgan fingerprint density at radius 1 is 1.08 bits per heavy atom. The zero-order valence-electron chi connectivity index (χ0n) is 13.7. The number of carbonyl (C=O) groups is 2. The summed E-state index contributed by atoms with van der Waals surface area (Å²) in [6, 6.07) is 11.3. The van der Waals surface area contributed by atoms with Crippen molar-refractivity contribution in [3.8, 4) is 5.75 Å². The van der Waals surface area contributed by atoms with E-state index in [1.807, 2.05) is 0 Å². The van der Waals surface area contributed by atoms with Crippen molar-refractivity contribution >= 4 is 40.8 Å². The summed E-state index contributed by atoms with van der Waals surface area (Å²) in [6.07, 6.45) is -0.189. The molecule has 5 nitrogen and oxygen atoms in total. The molecule has 0 spiro atoms. The van der Waals surface area contributed by atoms with E-state index < -0.39 is 5.97 Å². The minimum Gasteiger partial charge on any atom is -0.484 e. The maximum Gasteiger partial charge on any atom is 0.338 e. The Kier molecular flexibility index (Phi) is 6.67. The number of carbonyl (C=O) groups excluding carboxylic acids is 2. The number of amides is 1. The van der Waals surface area contributed by atoms with Gasteiger partial charge in [0.25, 0.3) is 5.91 Å². The van der Waals surface area contributed by atoms with Crippen molar-refractivity contribution in [3.63, 3.8) is 0 Å². The van der Waals surface area contributed by atoms with Crippen LogP contribution in [0.5, 0.6) is 5.75 Å². The zero-order chi connectivity index (χ0) is 18.4. The van der Waals surface area contributed by atoms with Crippen molar-refractivity contribution in [2.75, 3.05) is 11.9 Å². The van der Waals surface area contributed by atoms with Crippen LogP contribution < -0.4 is 10.1 Å². The Morgan fingerprint density at radius 2 is 1.76 bits per heavy atom. The molecule has 0 aliphatic rings. The zero-order valence-corrected chi connectivity index (χ0v) is 15.2. The molecule has 0 saturated heterocycles. The van der Waals surface area contributed by atoms with Gasteiger partial charge in [0.15, 0.2) is 6.61 Å². The second-order valence-electron chi connectivity index (χ2n) is 5.42. The van der Waals surface area contributed by atoms with E-state index >= 15 is 0 Å². The number of nitrogens with one attached hydrogen (secondary N) is 1. The fourth-order valence-corrected chi connectivity index (χ4v) is 2.25. The molecule has 1 amide bonds. The van der Waals surface area contributed by atoms with Gasteiger partial charge in [-0.2, -0.15) is 0 Å². The fraction of sp³-hybridized carbons (Fsp3) is 0.222. The van der Waals surface area contributed by atoms with E-state index in [1.165, 1.54) is 0 Å². The molecule has 0 atom stereocenters. The Labute approximate surface area is 155 Å². The molecule has 0 bridgehead atoms.